The van der Waals surface area contributed by atoms with E-state index >= 15 is 0 Å². The van der Waals surface area contributed by atoms with Crippen molar-refractivity contribution >= 4 is 16.7 Å². The third-order valence-electron chi connectivity index (χ3n) is 7.85. The van der Waals surface area contributed by atoms with Crippen LogP contribution in [-0.4, -0.2) is 55.0 Å². The molecule has 0 aromatic heterocycles. The first-order valence-electron chi connectivity index (χ1n) is 13.3. The molecule has 5 rings (SSSR count). The van der Waals surface area contributed by atoms with Crippen molar-refractivity contribution in [3.05, 3.63) is 76.9 Å². The summed E-state index contributed by atoms with van der Waals surface area (Å²) in [5, 5.41) is 2.41. The fourth-order valence-corrected chi connectivity index (χ4v) is 5.76. The van der Waals surface area contributed by atoms with Crippen molar-refractivity contribution in [1.29, 1.82) is 0 Å². The summed E-state index contributed by atoms with van der Waals surface area (Å²) in [5.74, 6) is 1.76. The highest BCUT2D eigenvalue weighted by atomic mass is 16.5. The minimum absolute atomic E-state index is 0.230. The molecule has 0 spiro atoms. The van der Waals surface area contributed by atoms with E-state index in [0.717, 1.165) is 63.5 Å². The molecule has 3 aromatic rings. The van der Waals surface area contributed by atoms with Gasteiger partial charge < -0.3 is 14.5 Å². The van der Waals surface area contributed by atoms with Crippen LogP contribution in [0.3, 0.4) is 0 Å². The molecule has 1 amide bonds. The van der Waals surface area contributed by atoms with E-state index in [2.05, 4.69) is 78.2 Å². The Balaban J connectivity index is 1.14. The molecule has 0 saturated carbocycles. The van der Waals surface area contributed by atoms with Crippen molar-refractivity contribution in [3.8, 4) is 5.75 Å². The normalized spacial score (nSPS) is 19.0. The van der Waals surface area contributed by atoms with Gasteiger partial charge in [0.15, 0.2) is 0 Å². The molecule has 0 bridgehead atoms. The zero-order chi connectivity index (χ0) is 24.2. The fraction of sp³-hybridized carbons (Fsp3) is 0.452. The van der Waals surface area contributed by atoms with E-state index in [1.807, 2.05) is 0 Å². The molecule has 0 aliphatic carbocycles. The lowest BCUT2D eigenvalue weighted by Gasteiger charge is -2.33. The van der Waals surface area contributed by atoms with Crippen LogP contribution in [0.5, 0.6) is 5.75 Å². The standard InChI is InChI=1S/C31H38N2O2/c1-23-19-27-14-17-33(31(34)29(27)20-24(23)2)22-25-9-5-6-15-32(21-25)16-8-18-35-30-13-7-11-26-10-3-4-12-28(26)30/h3-4,7,10-13,19-20,25H,5-6,8-9,14-18,21-22H2,1-2H3. The summed E-state index contributed by atoms with van der Waals surface area (Å²) in [6.45, 7) is 10.00. The van der Waals surface area contributed by atoms with Gasteiger partial charge >= 0.3 is 0 Å². The minimum atomic E-state index is 0.230. The Morgan fingerprint density at radius 2 is 1.80 bits per heavy atom. The summed E-state index contributed by atoms with van der Waals surface area (Å²) in [4.78, 5) is 18.0. The van der Waals surface area contributed by atoms with Crippen LogP contribution in [0.25, 0.3) is 10.8 Å². The Morgan fingerprint density at radius 3 is 2.71 bits per heavy atom. The molecule has 2 aliphatic heterocycles. The molecule has 0 N–H and O–H groups in total. The summed E-state index contributed by atoms with van der Waals surface area (Å²) < 4.78 is 6.18. The van der Waals surface area contributed by atoms with Gasteiger partial charge in [0.1, 0.15) is 5.75 Å². The number of fused-ring (bicyclic) bond motifs is 2. The van der Waals surface area contributed by atoms with E-state index in [9.17, 15) is 4.79 Å². The van der Waals surface area contributed by atoms with Crippen molar-refractivity contribution in [2.24, 2.45) is 5.92 Å². The number of benzene rings is 3. The van der Waals surface area contributed by atoms with Crippen molar-refractivity contribution in [2.75, 3.05) is 39.3 Å². The van der Waals surface area contributed by atoms with Crippen LogP contribution in [0.1, 0.15) is 52.7 Å². The molecule has 4 nitrogen and oxygen atoms in total. The Morgan fingerprint density at radius 1 is 0.971 bits per heavy atom. The van der Waals surface area contributed by atoms with E-state index < -0.39 is 0 Å². The summed E-state index contributed by atoms with van der Waals surface area (Å²) in [6.07, 6.45) is 5.71. The second-order valence-electron chi connectivity index (χ2n) is 10.4. The number of ether oxygens (including phenoxy) is 1. The van der Waals surface area contributed by atoms with Gasteiger partial charge in [0.2, 0.25) is 0 Å². The topological polar surface area (TPSA) is 32.8 Å². The van der Waals surface area contributed by atoms with Crippen LogP contribution in [0.4, 0.5) is 0 Å². The largest absolute Gasteiger partial charge is 0.493 e. The highest BCUT2D eigenvalue weighted by Gasteiger charge is 2.28. The molecule has 184 valence electrons. The Hall–Kier alpha value is -2.85. The van der Waals surface area contributed by atoms with E-state index in [1.165, 1.54) is 46.7 Å². The maximum Gasteiger partial charge on any atom is 0.254 e. The predicted molar refractivity (Wildman–Crippen MR) is 143 cm³/mol. The maximum atomic E-state index is 13.3. The second kappa shape index (κ2) is 10.8. The molecular weight excluding hydrogens is 432 g/mol. The number of aryl methyl sites for hydroxylation is 2. The van der Waals surface area contributed by atoms with Crippen LogP contribution in [0.15, 0.2) is 54.6 Å². The molecular formula is C31H38N2O2. The number of hydrogen-bond donors (Lipinski definition) is 0. The summed E-state index contributed by atoms with van der Waals surface area (Å²) >= 11 is 0. The lowest BCUT2D eigenvalue weighted by atomic mass is 9.93. The third-order valence-corrected chi connectivity index (χ3v) is 7.85. The Labute approximate surface area is 209 Å². The average Bonchev–Trinajstić information content (AvgIpc) is 3.10. The van der Waals surface area contributed by atoms with Crippen molar-refractivity contribution in [3.63, 3.8) is 0 Å². The summed E-state index contributed by atoms with van der Waals surface area (Å²) in [7, 11) is 0. The van der Waals surface area contributed by atoms with Crippen LogP contribution in [-0.2, 0) is 6.42 Å². The smallest absolute Gasteiger partial charge is 0.254 e. The van der Waals surface area contributed by atoms with Gasteiger partial charge in [-0.15, -0.1) is 0 Å². The number of amides is 1. The fourth-order valence-electron chi connectivity index (χ4n) is 5.76. The number of carbonyl (C=O) groups is 1. The van der Waals surface area contributed by atoms with E-state index in [0.29, 0.717) is 5.92 Å². The zero-order valence-electron chi connectivity index (χ0n) is 21.3. The minimum Gasteiger partial charge on any atom is -0.493 e. The van der Waals surface area contributed by atoms with Gasteiger partial charge in [-0.2, -0.15) is 0 Å². The monoisotopic (exact) mass is 470 g/mol. The van der Waals surface area contributed by atoms with E-state index in [1.54, 1.807) is 0 Å². The number of likely N-dealkylation sites (tertiary alicyclic amines) is 1. The summed E-state index contributed by atoms with van der Waals surface area (Å²) in [6, 6.07) is 19.0. The van der Waals surface area contributed by atoms with Gasteiger partial charge in [0.05, 0.1) is 6.61 Å². The number of nitrogens with zero attached hydrogens (tertiary/aromatic N) is 2. The van der Waals surface area contributed by atoms with Crippen LogP contribution >= 0.6 is 0 Å². The van der Waals surface area contributed by atoms with Crippen LogP contribution in [0.2, 0.25) is 0 Å². The second-order valence-corrected chi connectivity index (χ2v) is 10.4. The van der Waals surface area contributed by atoms with E-state index in [-0.39, 0.29) is 5.91 Å². The third kappa shape index (κ3) is 5.54. The molecule has 0 radical (unpaired) electrons. The quantitative estimate of drug-likeness (QED) is 0.396. The average molecular weight is 471 g/mol. The number of carbonyl (C=O) groups excluding carboxylic acids is 1. The van der Waals surface area contributed by atoms with Crippen LogP contribution < -0.4 is 4.74 Å². The van der Waals surface area contributed by atoms with Gasteiger partial charge in [-0.1, -0.05) is 48.9 Å². The first-order chi connectivity index (χ1) is 17.1. The van der Waals surface area contributed by atoms with Gasteiger partial charge in [0.25, 0.3) is 5.91 Å². The van der Waals surface area contributed by atoms with Crippen molar-refractivity contribution in [2.45, 2.75) is 46.0 Å². The Kier molecular flexibility index (Phi) is 7.38. The van der Waals surface area contributed by atoms with Gasteiger partial charge in [-0.25, -0.2) is 0 Å². The number of rotatable bonds is 7. The first kappa shape index (κ1) is 23.9. The highest BCUT2D eigenvalue weighted by molar-refractivity contribution is 5.97. The number of hydrogen-bond acceptors (Lipinski definition) is 3. The lowest BCUT2D eigenvalue weighted by Crippen LogP contribution is -2.43. The first-order valence-corrected chi connectivity index (χ1v) is 13.3. The molecule has 2 aliphatic rings. The molecule has 4 heteroatoms. The molecule has 1 fully saturated rings. The molecule has 1 saturated heterocycles. The molecule has 2 heterocycles. The van der Waals surface area contributed by atoms with Gasteiger partial charge in [-0.3, -0.25) is 4.79 Å². The SMILES string of the molecule is Cc1cc2c(cc1C)C(=O)N(CC1CCCCN(CCCOc3cccc4ccccc34)C1)CC2. The molecule has 35 heavy (non-hydrogen) atoms. The summed E-state index contributed by atoms with van der Waals surface area (Å²) in [5.41, 5.74) is 4.65. The van der Waals surface area contributed by atoms with Gasteiger partial charge in [-0.05, 0) is 86.2 Å². The molecule has 1 unspecified atom stereocenters. The zero-order valence-corrected chi connectivity index (χ0v) is 21.3. The maximum absolute atomic E-state index is 13.3. The molecule has 3 aromatic carbocycles. The molecule has 1 atom stereocenters. The Bertz CT molecular complexity index is 1180. The van der Waals surface area contributed by atoms with Crippen LogP contribution in [0, 0.1) is 19.8 Å². The lowest BCUT2D eigenvalue weighted by molar-refractivity contribution is 0.0695. The predicted octanol–water partition coefficient (Wildman–Crippen LogP) is 6.03. The van der Waals surface area contributed by atoms with E-state index in [4.69, 9.17) is 4.74 Å². The highest BCUT2D eigenvalue weighted by Crippen LogP contribution is 2.27. The van der Waals surface area contributed by atoms with Gasteiger partial charge in [0, 0.05) is 37.1 Å². The van der Waals surface area contributed by atoms with Crippen molar-refractivity contribution < 1.29 is 9.53 Å². The van der Waals surface area contributed by atoms with Crippen molar-refractivity contribution in [1.82, 2.24) is 9.80 Å².